The third-order valence-electron chi connectivity index (χ3n) is 12.4. The summed E-state index contributed by atoms with van der Waals surface area (Å²) in [7, 11) is -4.34. The Labute approximate surface area is 389 Å². The lowest BCUT2D eigenvalue weighted by Crippen LogP contribution is -2.28. The summed E-state index contributed by atoms with van der Waals surface area (Å²) in [6.45, 7) is 13.4. The quantitative estimate of drug-likeness (QED) is 0.0219. The van der Waals surface area contributed by atoms with Gasteiger partial charge in [0, 0.05) is 82.7 Å². The highest BCUT2D eigenvalue weighted by Crippen LogP contribution is 2.48. The van der Waals surface area contributed by atoms with E-state index in [1.165, 1.54) is 22.5 Å². The van der Waals surface area contributed by atoms with Crippen LogP contribution in [0.15, 0.2) is 112 Å². The second kappa shape index (κ2) is 23.1. The fraction of sp³-hybridized carbons (Fsp3) is 0.480. The van der Waals surface area contributed by atoms with Crippen LogP contribution in [0.1, 0.15) is 83.8 Å². The number of nitrogens with zero attached hydrogens (tertiary/aromatic N) is 5. The Bertz CT molecular complexity index is 2500. The summed E-state index contributed by atoms with van der Waals surface area (Å²) < 4.78 is 53.2. The molecule has 348 valence electrons. The number of benzene rings is 3. The van der Waals surface area contributed by atoms with Crippen LogP contribution in [0.3, 0.4) is 0 Å². The van der Waals surface area contributed by atoms with E-state index in [-0.39, 0.29) is 17.7 Å². The fourth-order valence-electron chi connectivity index (χ4n) is 9.20. The largest absolute Gasteiger partial charge is 0.748 e. The Morgan fingerprint density at radius 2 is 1.62 bits per heavy atom. The Balaban J connectivity index is 1.05. The highest BCUT2D eigenvalue weighted by atomic mass is 35.5. The maximum Gasteiger partial charge on any atom is 0.220 e. The van der Waals surface area contributed by atoms with Gasteiger partial charge >= 0.3 is 0 Å². The lowest BCUT2D eigenvalue weighted by Gasteiger charge is -2.27. The van der Waals surface area contributed by atoms with Gasteiger partial charge in [0.25, 0.3) is 0 Å². The van der Waals surface area contributed by atoms with Gasteiger partial charge in [0.05, 0.1) is 55.2 Å². The number of carbonyl (C=O) groups is 1. The summed E-state index contributed by atoms with van der Waals surface area (Å²) >= 11 is 7.19. The molecular weight excluding hydrogens is 864 g/mol. The number of amides is 1. The Morgan fingerprint density at radius 1 is 0.892 bits per heavy atom. The van der Waals surface area contributed by atoms with Crippen LogP contribution in [0.4, 0.5) is 11.4 Å². The van der Waals surface area contributed by atoms with E-state index in [1.807, 2.05) is 12.1 Å². The molecule has 0 saturated carbocycles. The van der Waals surface area contributed by atoms with Crippen molar-refractivity contribution in [1.82, 2.24) is 5.32 Å². The third-order valence-corrected chi connectivity index (χ3v) is 13.7. The SMILES string of the molecule is CC1(C)C(/C=C/C2=C(Cl)C(=C/C=C3/N(CCCCCC(=O)NCCOCCOCCOCCN=[N+]=[N-])c4ccccc4C3(C)C)/CC2)=[N+](CCCS(=O)(=O)[O-])c2ccc3ccccc3c21. The minimum absolute atomic E-state index is 0.0216. The zero-order valence-corrected chi connectivity index (χ0v) is 39.8. The molecule has 3 aromatic rings. The van der Waals surface area contributed by atoms with Crippen molar-refractivity contribution in [2.45, 2.75) is 83.5 Å². The van der Waals surface area contributed by atoms with Crippen molar-refractivity contribution in [3.8, 4) is 0 Å². The van der Waals surface area contributed by atoms with E-state index in [2.05, 4.69) is 125 Å². The first-order chi connectivity index (χ1) is 31.2. The summed E-state index contributed by atoms with van der Waals surface area (Å²) in [6, 6.07) is 21.1. The van der Waals surface area contributed by atoms with Crippen LogP contribution in [-0.2, 0) is 40.0 Å². The summed E-state index contributed by atoms with van der Waals surface area (Å²) in [5.74, 6) is -0.393. The Hall–Kier alpha value is -4.79. The van der Waals surface area contributed by atoms with Gasteiger partial charge in [-0.3, -0.25) is 4.79 Å². The van der Waals surface area contributed by atoms with E-state index in [9.17, 15) is 17.8 Å². The molecule has 3 aromatic carbocycles. The number of hydrogen-bond acceptors (Lipinski definition) is 9. The number of rotatable bonds is 25. The number of azide groups is 1. The van der Waals surface area contributed by atoms with Gasteiger partial charge in [0.1, 0.15) is 6.54 Å². The van der Waals surface area contributed by atoms with Crippen LogP contribution in [0, 0.1) is 0 Å². The number of anilines is 1. The molecule has 0 fully saturated rings. The number of halogens is 1. The van der Waals surface area contributed by atoms with E-state index in [0.29, 0.717) is 65.7 Å². The van der Waals surface area contributed by atoms with Crippen LogP contribution in [0.25, 0.3) is 21.2 Å². The molecule has 0 aromatic heterocycles. The molecule has 13 nitrogen and oxygen atoms in total. The standard InChI is InChI=1S/C50H63ClN6O7S/c1-49(2)41-15-9-10-16-42(41)56(28-11-5-6-17-46(58)53-26-30-62-32-34-64-35-33-63-31-27-54-55-52)44(49)24-21-38-18-19-39(48(38)51)22-25-45-50(3,4)47-40-14-8-7-13-37(40)20-23-43(47)57(45)29-12-36-65(59,60)61/h7-10,13-16,20-25H,5-6,11-12,17-19,26-36H2,1-4H3,(H-,53,58,59,60,61). The van der Waals surface area contributed by atoms with Crippen molar-refractivity contribution in [2.75, 3.05) is 76.5 Å². The molecule has 0 atom stereocenters. The van der Waals surface area contributed by atoms with Gasteiger partial charge in [-0.2, -0.15) is 4.58 Å². The van der Waals surface area contributed by atoms with Crippen molar-refractivity contribution in [3.63, 3.8) is 0 Å². The van der Waals surface area contributed by atoms with Gasteiger partial charge in [-0.1, -0.05) is 91.6 Å². The average molecular weight is 928 g/mol. The summed E-state index contributed by atoms with van der Waals surface area (Å²) in [4.78, 5) is 17.6. The Morgan fingerprint density at radius 3 is 2.38 bits per heavy atom. The predicted molar refractivity (Wildman–Crippen MR) is 258 cm³/mol. The predicted octanol–water partition coefficient (Wildman–Crippen LogP) is 9.64. The third kappa shape index (κ3) is 12.8. The molecule has 15 heteroatoms. The lowest BCUT2D eigenvalue weighted by molar-refractivity contribution is -0.437. The normalized spacial score (nSPS) is 17.8. The van der Waals surface area contributed by atoms with Crippen LogP contribution >= 0.6 is 11.6 Å². The summed E-state index contributed by atoms with van der Waals surface area (Å²) in [5, 5.41) is 9.39. The monoisotopic (exact) mass is 926 g/mol. The maximum atomic E-state index is 12.5. The van der Waals surface area contributed by atoms with Gasteiger partial charge in [-0.25, -0.2) is 8.42 Å². The van der Waals surface area contributed by atoms with Gasteiger partial charge in [0.15, 0.2) is 5.71 Å². The minimum Gasteiger partial charge on any atom is -0.748 e. The molecule has 0 saturated heterocycles. The number of nitrogens with one attached hydrogen (secondary N) is 1. The van der Waals surface area contributed by atoms with Gasteiger partial charge < -0.3 is 29.0 Å². The molecule has 0 unspecified atom stereocenters. The number of unbranched alkanes of at least 4 members (excludes halogenated alkanes) is 2. The zero-order chi connectivity index (χ0) is 46.5. The van der Waals surface area contributed by atoms with Crippen molar-refractivity contribution in [3.05, 3.63) is 128 Å². The average Bonchev–Trinajstić information content (AvgIpc) is 3.81. The number of ether oxygens (including phenoxy) is 3. The molecular formula is C50H63ClN6O7S. The van der Waals surface area contributed by atoms with E-state index < -0.39 is 21.3 Å². The van der Waals surface area contributed by atoms with Crippen molar-refractivity contribution >= 4 is 55.5 Å². The first-order valence-corrected chi connectivity index (χ1v) is 24.7. The molecule has 6 rings (SSSR count). The van der Waals surface area contributed by atoms with Gasteiger partial charge in [-0.15, -0.1) is 0 Å². The van der Waals surface area contributed by atoms with Crippen LogP contribution in [0.5, 0.6) is 0 Å². The highest BCUT2D eigenvalue weighted by molar-refractivity contribution is 7.85. The molecule has 0 bridgehead atoms. The smallest absolute Gasteiger partial charge is 0.220 e. The summed E-state index contributed by atoms with van der Waals surface area (Å²) in [6.07, 6.45) is 13.6. The van der Waals surface area contributed by atoms with Crippen LogP contribution in [0.2, 0.25) is 0 Å². The highest BCUT2D eigenvalue weighted by Gasteiger charge is 2.45. The summed E-state index contributed by atoms with van der Waals surface area (Å²) in [5.41, 5.74) is 16.7. The molecule has 1 N–H and O–H groups in total. The number of fused-ring (bicyclic) bond motifs is 4. The minimum atomic E-state index is -4.34. The van der Waals surface area contributed by atoms with Crippen molar-refractivity contribution in [1.29, 1.82) is 0 Å². The fourth-order valence-corrected chi connectivity index (χ4v) is 10.00. The van der Waals surface area contributed by atoms with Gasteiger partial charge in [0.2, 0.25) is 11.6 Å². The van der Waals surface area contributed by atoms with E-state index in [1.54, 1.807) is 0 Å². The van der Waals surface area contributed by atoms with Crippen molar-refractivity contribution in [2.24, 2.45) is 5.11 Å². The maximum absolute atomic E-state index is 12.5. The van der Waals surface area contributed by atoms with Crippen LogP contribution < -0.4 is 10.2 Å². The van der Waals surface area contributed by atoms with Gasteiger partial charge in [-0.05, 0) is 90.8 Å². The molecule has 3 aliphatic rings. The number of hydrogen-bond donors (Lipinski definition) is 1. The van der Waals surface area contributed by atoms with E-state index in [0.717, 1.165) is 77.0 Å². The molecule has 2 aliphatic heterocycles. The number of allylic oxidation sites excluding steroid dienone is 8. The molecule has 0 spiro atoms. The van der Waals surface area contributed by atoms with E-state index in [4.69, 9.17) is 31.3 Å². The first-order valence-electron chi connectivity index (χ1n) is 22.7. The second-order valence-corrected chi connectivity index (χ2v) is 19.5. The molecule has 0 radical (unpaired) electrons. The van der Waals surface area contributed by atoms with Crippen molar-refractivity contribution < 1.29 is 36.6 Å². The van der Waals surface area contributed by atoms with Crippen LogP contribution in [-0.4, -0.2) is 101 Å². The first kappa shape index (κ1) is 49.6. The molecule has 1 aliphatic carbocycles. The lowest BCUT2D eigenvalue weighted by atomic mass is 9.79. The number of carbonyl (C=O) groups excluding carboxylic acids is 1. The molecule has 1 amide bonds. The van der Waals surface area contributed by atoms with E-state index >= 15 is 0 Å². The molecule has 2 heterocycles. The molecule has 65 heavy (non-hydrogen) atoms. The Kier molecular flexibility index (Phi) is 17.6. The number of para-hydroxylation sites is 1. The zero-order valence-electron chi connectivity index (χ0n) is 38.2. The second-order valence-electron chi connectivity index (χ2n) is 17.6. The topological polar surface area (TPSA) is 169 Å².